The average Bonchev–Trinajstić information content (AvgIpc) is 2.78. The molecule has 0 bridgehead atoms. The summed E-state index contributed by atoms with van der Waals surface area (Å²) in [7, 11) is 0. The predicted molar refractivity (Wildman–Crippen MR) is 65.6 cm³/mol. The van der Waals surface area contributed by atoms with Crippen LogP contribution in [0.15, 0.2) is 5.38 Å². The molecule has 1 aromatic rings. The highest BCUT2D eigenvalue weighted by Crippen LogP contribution is 2.27. The second-order valence-corrected chi connectivity index (χ2v) is 5.45. The van der Waals surface area contributed by atoms with E-state index in [4.69, 9.17) is 5.73 Å². The van der Waals surface area contributed by atoms with Gasteiger partial charge in [0.25, 0.3) is 0 Å². The minimum Gasteiger partial charge on any atom is -0.322 e. The van der Waals surface area contributed by atoms with Crippen molar-refractivity contribution in [2.45, 2.75) is 45.1 Å². The van der Waals surface area contributed by atoms with Crippen LogP contribution in [-0.4, -0.2) is 10.8 Å². The maximum atomic E-state index is 12.1. The number of hydrogen-bond acceptors (Lipinski definition) is 4. The number of nitrogens with two attached hydrogens (primary N) is 1. The predicted octanol–water partition coefficient (Wildman–Crippen LogP) is 2.93. The van der Waals surface area contributed by atoms with E-state index in [-0.39, 0.29) is 17.7 Å². The summed E-state index contributed by atoms with van der Waals surface area (Å²) in [6.45, 7) is 1.90. The van der Waals surface area contributed by atoms with Crippen LogP contribution in [0.25, 0.3) is 0 Å². The molecule has 0 amide bonds. The first kappa shape index (κ1) is 11.7. The van der Waals surface area contributed by atoms with Gasteiger partial charge in [-0.05, 0) is 19.8 Å². The van der Waals surface area contributed by atoms with Gasteiger partial charge in [-0.3, -0.25) is 4.79 Å². The molecule has 0 radical (unpaired) electrons. The number of carbonyl (C=O) groups is 1. The number of Topliss-reactive ketones (excluding diaryl/α,β-unsaturated/α-hetero) is 1. The van der Waals surface area contributed by atoms with Gasteiger partial charge in [0.1, 0.15) is 10.7 Å². The summed E-state index contributed by atoms with van der Waals surface area (Å²) < 4.78 is 0. The van der Waals surface area contributed by atoms with Gasteiger partial charge in [-0.2, -0.15) is 0 Å². The highest BCUT2D eigenvalue weighted by atomic mass is 32.1. The van der Waals surface area contributed by atoms with E-state index in [1.807, 2.05) is 12.3 Å². The van der Waals surface area contributed by atoms with Crippen LogP contribution in [0.5, 0.6) is 0 Å². The molecule has 1 aromatic heterocycles. The lowest BCUT2D eigenvalue weighted by Crippen LogP contribution is -2.18. The maximum absolute atomic E-state index is 12.1. The van der Waals surface area contributed by atoms with Gasteiger partial charge in [0.2, 0.25) is 0 Å². The van der Waals surface area contributed by atoms with Crippen LogP contribution in [0.4, 0.5) is 0 Å². The molecule has 1 heterocycles. The third kappa shape index (κ3) is 2.50. The van der Waals surface area contributed by atoms with Crippen molar-refractivity contribution in [3.05, 3.63) is 16.1 Å². The molecule has 1 saturated carbocycles. The first-order valence-corrected chi connectivity index (χ1v) is 6.81. The van der Waals surface area contributed by atoms with E-state index in [2.05, 4.69) is 4.98 Å². The summed E-state index contributed by atoms with van der Waals surface area (Å²) in [4.78, 5) is 16.5. The van der Waals surface area contributed by atoms with Gasteiger partial charge in [0.05, 0.1) is 6.04 Å². The monoisotopic (exact) mass is 238 g/mol. The summed E-state index contributed by atoms with van der Waals surface area (Å²) in [5.74, 6) is 0.430. The molecule has 2 rings (SSSR count). The maximum Gasteiger partial charge on any atom is 0.185 e. The van der Waals surface area contributed by atoms with E-state index in [9.17, 15) is 4.79 Å². The van der Waals surface area contributed by atoms with E-state index in [1.165, 1.54) is 30.6 Å². The van der Waals surface area contributed by atoms with Gasteiger partial charge in [-0.25, -0.2) is 4.98 Å². The van der Waals surface area contributed by atoms with E-state index < -0.39 is 0 Å². The summed E-state index contributed by atoms with van der Waals surface area (Å²) >= 11 is 1.49. The van der Waals surface area contributed by atoms with Crippen molar-refractivity contribution < 1.29 is 4.79 Å². The number of nitrogens with zero attached hydrogens (tertiary/aromatic N) is 1. The summed E-state index contributed by atoms with van der Waals surface area (Å²) in [6.07, 6.45) is 5.70. The molecule has 3 nitrogen and oxygen atoms in total. The number of rotatable bonds is 3. The molecule has 1 unspecified atom stereocenters. The lowest BCUT2D eigenvalue weighted by Gasteiger charge is -2.19. The van der Waals surface area contributed by atoms with Crippen molar-refractivity contribution in [1.82, 2.24) is 4.98 Å². The quantitative estimate of drug-likeness (QED) is 0.824. The Kier molecular flexibility index (Phi) is 3.71. The molecule has 4 heteroatoms. The van der Waals surface area contributed by atoms with Crippen molar-refractivity contribution in [2.24, 2.45) is 11.7 Å². The van der Waals surface area contributed by atoms with E-state index in [0.29, 0.717) is 5.69 Å². The number of ketones is 1. The molecule has 1 aliphatic rings. The molecule has 2 N–H and O–H groups in total. The molecule has 1 aliphatic carbocycles. The number of hydrogen-bond donors (Lipinski definition) is 1. The standard InChI is InChI=1S/C12H18N2OS/c1-8(13)12-14-10(7-16-12)11(15)9-5-3-2-4-6-9/h7-9H,2-6,13H2,1H3. The lowest BCUT2D eigenvalue weighted by atomic mass is 9.85. The van der Waals surface area contributed by atoms with Crippen LogP contribution in [0.3, 0.4) is 0 Å². The number of carbonyl (C=O) groups excluding carboxylic acids is 1. The molecular weight excluding hydrogens is 220 g/mol. The summed E-state index contributed by atoms with van der Waals surface area (Å²) in [5, 5.41) is 2.72. The fourth-order valence-corrected chi connectivity index (χ4v) is 2.95. The highest BCUT2D eigenvalue weighted by molar-refractivity contribution is 7.09. The second kappa shape index (κ2) is 5.06. The van der Waals surface area contributed by atoms with Gasteiger partial charge in [0.15, 0.2) is 5.78 Å². The largest absolute Gasteiger partial charge is 0.322 e. The van der Waals surface area contributed by atoms with E-state index in [0.717, 1.165) is 17.8 Å². The molecule has 0 aromatic carbocycles. The van der Waals surface area contributed by atoms with Crippen LogP contribution < -0.4 is 5.73 Å². The van der Waals surface area contributed by atoms with Crippen molar-refractivity contribution >= 4 is 17.1 Å². The summed E-state index contributed by atoms with van der Waals surface area (Å²) in [5.41, 5.74) is 6.37. The van der Waals surface area contributed by atoms with Gasteiger partial charge in [-0.15, -0.1) is 11.3 Å². The van der Waals surface area contributed by atoms with Crippen LogP contribution in [0.1, 0.15) is 60.6 Å². The van der Waals surface area contributed by atoms with Crippen molar-refractivity contribution in [2.75, 3.05) is 0 Å². The third-order valence-electron chi connectivity index (χ3n) is 3.14. The first-order valence-electron chi connectivity index (χ1n) is 5.93. The Morgan fingerprint density at radius 3 is 2.75 bits per heavy atom. The van der Waals surface area contributed by atoms with Crippen molar-refractivity contribution in [3.8, 4) is 0 Å². The Bertz CT molecular complexity index is 367. The molecular formula is C12H18N2OS. The fourth-order valence-electron chi connectivity index (χ4n) is 2.18. The Morgan fingerprint density at radius 1 is 1.50 bits per heavy atom. The lowest BCUT2D eigenvalue weighted by molar-refractivity contribution is 0.0885. The van der Waals surface area contributed by atoms with E-state index >= 15 is 0 Å². The Hall–Kier alpha value is -0.740. The van der Waals surface area contributed by atoms with Crippen LogP contribution >= 0.6 is 11.3 Å². The van der Waals surface area contributed by atoms with E-state index in [1.54, 1.807) is 0 Å². The molecule has 0 spiro atoms. The fraction of sp³-hybridized carbons (Fsp3) is 0.667. The van der Waals surface area contributed by atoms with Gasteiger partial charge < -0.3 is 5.73 Å². The summed E-state index contributed by atoms with van der Waals surface area (Å²) in [6, 6.07) is -0.0714. The smallest absolute Gasteiger partial charge is 0.185 e. The van der Waals surface area contributed by atoms with Crippen LogP contribution in [0.2, 0.25) is 0 Å². The Morgan fingerprint density at radius 2 is 2.19 bits per heavy atom. The van der Waals surface area contributed by atoms with Crippen LogP contribution in [0, 0.1) is 5.92 Å². The normalized spacial score (nSPS) is 19.6. The zero-order valence-electron chi connectivity index (χ0n) is 9.61. The third-order valence-corrected chi connectivity index (χ3v) is 4.19. The minimum absolute atomic E-state index is 0.0714. The second-order valence-electron chi connectivity index (χ2n) is 4.56. The van der Waals surface area contributed by atoms with Crippen molar-refractivity contribution in [1.29, 1.82) is 0 Å². The molecule has 88 valence electrons. The zero-order chi connectivity index (χ0) is 11.5. The molecule has 16 heavy (non-hydrogen) atoms. The van der Waals surface area contributed by atoms with Crippen LogP contribution in [-0.2, 0) is 0 Å². The highest BCUT2D eigenvalue weighted by Gasteiger charge is 2.24. The first-order chi connectivity index (χ1) is 7.68. The topological polar surface area (TPSA) is 56.0 Å². The number of aromatic nitrogens is 1. The molecule has 1 fully saturated rings. The van der Waals surface area contributed by atoms with Gasteiger partial charge in [-0.1, -0.05) is 19.3 Å². The molecule has 0 aliphatic heterocycles. The number of thiazole rings is 1. The Balaban J connectivity index is 2.07. The molecule has 1 atom stereocenters. The SMILES string of the molecule is CC(N)c1nc(C(=O)C2CCCCC2)cs1. The van der Waals surface area contributed by atoms with Gasteiger partial charge >= 0.3 is 0 Å². The Labute approximate surface area is 100 Å². The van der Waals surface area contributed by atoms with Gasteiger partial charge in [0, 0.05) is 11.3 Å². The van der Waals surface area contributed by atoms with Crippen molar-refractivity contribution in [3.63, 3.8) is 0 Å². The average molecular weight is 238 g/mol. The minimum atomic E-state index is -0.0714. The molecule has 0 saturated heterocycles. The zero-order valence-corrected chi connectivity index (χ0v) is 10.4.